The third-order valence-corrected chi connectivity index (χ3v) is 7.13. The van der Waals surface area contributed by atoms with Crippen LogP contribution in [0.2, 0.25) is 0 Å². The molecule has 0 aliphatic carbocycles. The number of allylic oxidation sites excluding steroid dienone is 2. The summed E-state index contributed by atoms with van der Waals surface area (Å²) in [4.78, 5) is 41.3. The number of carbonyl (C=O) groups excluding carboxylic acids is 2. The van der Waals surface area contributed by atoms with Crippen molar-refractivity contribution in [1.82, 2.24) is 24.5 Å². The minimum atomic E-state index is -0.523. The molecule has 3 heterocycles. The zero-order valence-electron chi connectivity index (χ0n) is 20.0. The van der Waals surface area contributed by atoms with Gasteiger partial charge >= 0.3 is 6.03 Å². The normalized spacial score (nSPS) is 22.9. The van der Waals surface area contributed by atoms with Gasteiger partial charge in [-0.15, -0.1) is 0 Å². The summed E-state index contributed by atoms with van der Waals surface area (Å²) in [6.45, 7) is 14.4. The average Bonchev–Trinajstić information content (AvgIpc) is 3.28. The second kappa shape index (κ2) is 8.58. The SMILES string of the molecule is CCN(CC)CCN1C2=NC3C(C(=O)N(Cc4ccccc4C)C(=O)N3C)N2C(C)=C1C. The molecule has 32 heavy (non-hydrogen) atoms. The highest BCUT2D eigenvalue weighted by molar-refractivity contribution is 6.05. The third kappa shape index (κ3) is 3.46. The Hall–Kier alpha value is -2.87. The molecule has 1 aromatic carbocycles. The maximum atomic E-state index is 13.7. The van der Waals surface area contributed by atoms with Crippen molar-refractivity contribution in [3.8, 4) is 0 Å². The lowest BCUT2D eigenvalue weighted by molar-refractivity contribution is -0.137. The highest BCUT2D eigenvalue weighted by Gasteiger charge is 2.55. The fraction of sp³-hybridized carbons (Fsp3) is 0.542. The Morgan fingerprint density at radius 3 is 2.34 bits per heavy atom. The Bertz CT molecular complexity index is 982. The lowest BCUT2D eigenvalue weighted by Gasteiger charge is -2.41. The fourth-order valence-corrected chi connectivity index (χ4v) is 4.83. The highest BCUT2D eigenvalue weighted by Crippen LogP contribution is 2.38. The molecule has 1 saturated heterocycles. The predicted molar refractivity (Wildman–Crippen MR) is 125 cm³/mol. The molecule has 2 unspecified atom stereocenters. The number of guanidine groups is 1. The van der Waals surface area contributed by atoms with E-state index in [4.69, 9.17) is 4.99 Å². The van der Waals surface area contributed by atoms with E-state index in [9.17, 15) is 9.59 Å². The molecule has 0 spiro atoms. The van der Waals surface area contributed by atoms with Crippen LogP contribution in [0.25, 0.3) is 0 Å². The minimum Gasteiger partial charge on any atom is -0.313 e. The number of benzene rings is 1. The number of rotatable bonds is 7. The van der Waals surface area contributed by atoms with Crippen molar-refractivity contribution in [3.05, 3.63) is 46.8 Å². The Labute approximate surface area is 190 Å². The van der Waals surface area contributed by atoms with E-state index in [-0.39, 0.29) is 18.5 Å². The number of hydrogen-bond acceptors (Lipinski definition) is 6. The molecule has 0 saturated carbocycles. The van der Waals surface area contributed by atoms with Gasteiger partial charge in [-0.1, -0.05) is 38.1 Å². The van der Waals surface area contributed by atoms with Gasteiger partial charge in [0.2, 0.25) is 5.96 Å². The van der Waals surface area contributed by atoms with Gasteiger partial charge in [0, 0.05) is 31.5 Å². The van der Waals surface area contributed by atoms with Gasteiger partial charge in [0.15, 0.2) is 12.2 Å². The van der Waals surface area contributed by atoms with Gasteiger partial charge in [-0.25, -0.2) is 9.79 Å². The fourth-order valence-electron chi connectivity index (χ4n) is 4.83. The number of urea groups is 1. The molecule has 4 rings (SSSR count). The van der Waals surface area contributed by atoms with E-state index in [1.165, 1.54) is 4.90 Å². The largest absolute Gasteiger partial charge is 0.328 e. The van der Waals surface area contributed by atoms with Crippen LogP contribution in [0.15, 0.2) is 40.7 Å². The lowest BCUT2D eigenvalue weighted by Crippen LogP contribution is -2.64. The molecular weight excluding hydrogens is 404 g/mol. The van der Waals surface area contributed by atoms with E-state index in [0.717, 1.165) is 54.7 Å². The van der Waals surface area contributed by atoms with Gasteiger partial charge in [0.25, 0.3) is 5.91 Å². The van der Waals surface area contributed by atoms with Crippen molar-refractivity contribution in [1.29, 1.82) is 0 Å². The summed E-state index contributed by atoms with van der Waals surface area (Å²) >= 11 is 0. The molecule has 3 aliphatic rings. The standard InChI is InChI=1S/C24H34N6O2/c1-7-27(8-2)13-14-28-17(4)18(5)30-20-21(25-23(28)30)26(6)24(32)29(22(20)31)15-19-12-10-9-11-16(19)3/h9-12,20-21H,7-8,13-15H2,1-6H3. The van der Waals surface area contributed by atoms with Gasteiger partial charge in [-0.05, 0) is 45.0 Å². The van der Waals surface area contributed by atoms with E-state index >= 15 is 0 Å². The third-order valence-electron chi connectivity index (χ3n) is 7.13. The number of nitrogens with zero attached hydrogens (tertiary/aromatic N) is 6. The number of likely N-dealkylation sites (N-methyl/N-ethyl adjacent to an activating group) is 2. The van der Waals surface area contributed by atoms with Crippen LogP contribution < -0.4 is 0 Å². The Balaban J connectivity index is 1.61. The molecule has 172 valence electrons. The number of hydrogen-bond donors (Lipinski definition) is 0. The predicted octanol–water partition coefficient (Wildman–Crippen LogP) is 2.66. The average molecular weight is 439 g/mol. The van der Waals surface area contributed by atoms with Gasteiger partial charge < -0.3 is 14.7 Å². The van der Waals surface area contributed by atoms with Crippen LogP contribution in [-0.4, -0.2) is 87.8 Å². The lowest BCUT2D eigenvalue weighted by atomic mass is 10.1. The van der Waals surface area contributed by atoms with Crippen LogP contribution in [0.4, 0.5) is 4.79 Å². The molecule has 8 nitrogen and oxygen atoms in total. The van der Waals surface area contributed by atoms with Crippen molar-refractivity contribution < 1.29 is 9.59 Å². The second-order valence-electron chi connectivity index (χ2n) is 8.75. The first-order valence-corrected chi connectivity index (χ1v) is 11.5. The second-order valence-corrected chi connectivity index (χ2v) is 8.75. The van der Waals surface area contributed by atoms with Crippen molar-refractivity contribution >= 4 is 17.9 Å². The zero-order chi connectivity index (χ0) is 23.2. The maximum absolute atomic E-state index is 13.7. The van der Waals surface area contributed by atoms with Crippen molar-refractivity contribution in [2.45, 2.75) is 53.4 Å². The van der Waals surface area contributed by atoms with E-state index in [1.807, 2.05) is 43.0 Å². The van der Waals surface area contributed by atoms with Crippen molar-refractivity contribution in [2.75, 3.05) is 33.2 Å². The molecule has 3 amide bonds. The first kappa shape index (κ1) is 22.3. The first-order valence-electron chi connectivity index (χ1n) is 11.5. The summed E-state index contributed by atoms with van der Waals surface area (Å²) in [5.74, 6) is 0.603. The molecule has 1 aromatic rings. The van der Waals surface area contributed by atoms with E-state index in [2.05, 4.69) is 30.6 Å². The van der Waals surface area contributed by atoms with Crippen LogP contribution in [0.1, 0.15) is 38.8 Å². The van der Waals surface area contributed by atoms with Crippen LogP contribution in [0.3, 0.4) is 0 Å². The smallest absolute Gasteiger partial charge is 0.313 e. The van der Waals surface area contributed by atoms with Gasteiger partial charge in [-0.3, -0.25) is 14.6 Å². The maximum Gasteiger partial charge on any atom is 0.328 e. The van der Waals surface area contributed by atoms with Crippen LogP contribution in [0.5, 0.6) is 0 Å². The zero-order valence-corrected chi connectivity index (χ0v) is 20.0. The summed E-state index contributed by atoms with van der Waals surface area (Å²) in [7, 11) is 1.75. The number of fused-ring (bicyclic) bond motifs is 3. The van der Waals surface area contributed by atoms with Gasteiger partial charge in [-0.2, -0.15) is 0 Å². The molecule has 0 radical (unpaired) electrons. The van der Waals surface area contributed by atoms with Crippen LogP contribution in [0, 0.1) is 6.92 Å². The number of amides is 3. The first-order chi connectivity index (χ1) is 15.3. The Morgan fingerprint density at radius 2 is 1.69 bits per heavy atom. The molecule has 0 aromatic heterocycles. The molecular formula is C24H34N6O2. The molecule has 0 bridgehead atoms. The topological polar surface area (TPSA) is 62.7 Å². The van der Waals surface area contributed by atoms with E-state index < -0.39 is 12.2 Å². The summed E-state index contributed by atoms with van der Waals surface area (Å²) < 4.78 is 0. The monoisotopic (exact) mass is 438 g/mol. The summed E-state index contributed by atoms with van der Waals surface area (Å²) in [5.41, 5.74) is 4.19. The molecule has 1 fully saturated rings. The Kier molecular flexibility index (Phi) is 5.99. The quantitative estimate of drug-likeness (QED) is 0.655. The summed E-state index contributed by atoms with van der Waals surface area (Å²) in [6, 6.07) is 7.06. The van der Waals surface area contributed by atoms with Crippen molar-refractivity contribution in [2.24, 2.45) is 4.99 Å². The number of imide groups is 1. The molecule has 2 atom stereocenters. The number of aliphatic imine (C=N–C) groups is 1. The minimum absolute atomic E-state index is 0.183. The molecule has 8 heteroatoms. The highest BCUT2D eigenvalue weighted by atomic mass is 16.2. The van der Waals surface area contributed by atoms with Gasteiger partial charge in [0.1, 0.15) is 0 Å². The van der Waals surface area contributed by atoms with Crippen LogP contribution in [-0.2, 0) is 11.3 Å². The van der Waals surface area contributed by atoms with Crippen LogP contribution >= 0.6 is 0 Å². The number of aryl methyl sites for hydroxylation is 1. The Morgan fingerprint density at radius 1 is 1.00 bits per heavy atom. The van der Waals surface area contributed by atoms with Gasteiger partial charge in [0.05, 0.1) is 6.54 Å². The van der Waals surface area contributed by atoms with Crippen molar-refractivity contribution in [3.63, 3.8) is 0 Å². The molecule has 3 aliphatic heterocycles. The van der Waals surface area contributed by atoms with E-state index in [1.54, 1.807) is 11.9 Å². The molecule has 0 N–H and O–H groups in total. The summed E-state index contributed by atoms with van der Waals surface area (Å²) in [5, 5.41) is 0. The summed E-state index contributed by atoms with van der Waals surface area (Å²) in [6.07, 6.45) is -0.503. The number of carbonyl (C=O) groups is 2. The van der Waals surface area contributed by atoms with E-state index in [0.29, 0.717) is 0 Å².